The summed E-state index contributed by atoms with van der Waals surface area (Å²) in [4.78, 5) is 11.9. The van der Waals surface area contributed by atoms with Crippen molar-refractivity contribution in [3.63, 3.8) is 0 Å². The number of amides is 1. The summed E-state index contributed by atoms with van der Waals surface area (Å²) in [5, 5.41) is 2.63. The number of rotatable bonds is 5. The van der Waals surface area contributed by atoms with Crippen LogP contribution in [0.3, 0.4) is 0 Å². The molecule has 1 aromatic carbocycles. The van der Waals surface area contributed by atoms with E-state index >= 15 is 0 Å². The summed E-state index contributed by atoms with van der Waals surface area (Å²) in [6.07, 6.45) is 0. The number of hydrogen-bond acceptors (Lipinski definition) is 4. The first-order valence-electron chi connectivity index (χ1n) is 5.71. The molecule has 1 amide bonds. The van der Waals surface area contributed by atoms with Crippen LogP contribution in [0.15, 0.2) is 24.3 Å². The SMILES string of the molecule is CCS(=O)(=O)CC(C)NC(=O)c1ccccc1N.Cl. The topological polar surface area (TPSA) is 89.3 Å². The van der Waals surface area contributed by atoms with Gasteiger partial charge in [0.25, 0.3) is 5.91 Å². The summed E-state index contributed by atoms with van der Waals surface area (Å²) < 4.78 is 22.8. The molecule has 1 aromatic rings. The van der Waals surface area contributed by atoms with Crippen molar-refractivity contribution >= 4 is 33.8 Å². The van der Waals surface area contributed by atoms with Gasteiger partial charge in [0.1, 0.15) is 0 Å². The Morgan fingerprint density at radius 3 is 2.47 bits per heavy atom. The van der Waals surface area contributed by atoms with Gasteiger partial charge in [-0.3, -0.25) is 4.79 Å². The average Bonchev–Trinajstić information content (AvgIpc) is 2.28. The summed E-state index contributed by atoms with van der Waals surface area (Å²) in [5.41, 5.74) is 6.41. The zero-order valence-corrected chi connectivity index (χ0v) is 12.6. The molecule has 0 aromatic heterocycles. The van der Waals surface area contributed by atoms with Gasteiger partial charge in [0.2, 0.25) is 0 Å². The highest BCUT2D eigenvalue weighted by molar-refractivity contribution is 7.91. The molecule has 0 saturated carbocycles. The Labute approximate surface area is 119 Å². The van der Waals surface area contributed by atoms with Crippen LogP contribution in [0.4, 0.5) is 5.69 Å². The van der Waals surface area contributed by atoms with Gasteiger partial charge in [-0.1, -0.05) is 19.1 Å². The number of nitrogens with one attached hydrogen (secondary N) is 1. The monoisotopic (exact) mass is 306 g/mol. The van der Waals surface area contributed by atoms with Crippen LogP contribution in [0.25, 0.3) is 0 Å². The Bertz CT molecular complexity index is 532. The van der Waals surface area contributed by atoms with E-state index in [4.69, 9.17) is 5.73 Å². The second kappa shape index (κ2) is 7.35. The van der Waals surface area contributed by atoms with Crippen LogP contribution >= 0.6 is 12.4 Å². The summed E-state index contributed by atoms with van der Waals surface area (Å²) in [7, 11) is -3.10. The molecule has 0 heterocycles. The molecule has 0 aliphatic rings. The third-order valence-corrected chi connectivity index (χ3v) is 4.41. The molecule has 0 spiro atoms. The van der Waals surface area contributed by atoms with Gasteiger partial charge in [-0.2, -0.15) is 0 Å². The number of nitrogens with two attached hydrogens (primary N) is 1. The largest absolute Gasteiger partial charge is 0.398 e. The predicted molar refractivity (Wildman–Crippen MR) is 79.4 cm³/mol. The second-order valence-corrected chi connectivity index (χ2v) is 6.56. The standard InChI is InChI=1S/C12H18N2O3S.ClH/c1-3-18(16,17)8-9(2)14-12(15)10-6-4-5-7-11(10)13;/h4-7,9H,3,8,13H2,1-2H3,(H,14,15);1H. The van der Waals surface area contributed by atoms with Crippen molar-refractivity contribution in [2.45, 2.75) is 19.9 Å². The molecule has 0 bridgehead atoms. The summed E-state index contributed by atoms with van der Waals surface area (Å²) in [5.74, 6) is -0.352. The predicted octanol–water partition coefficient (Wildman–Crippen LogP) is 1.24. The highest BCUT2D eigenvalue weighted by Gasteiger charge is 2.17. The lowest BCUT2D eigenvalue weighted by Gasteiger charge is -2.14. The molecule has 1 rings (SSSR count). The summed E-state index contributed by atoms with van der Waals surface area (Å²) in [6, 6.07) is 6.23. The Hall–Kier alpha value is -1.27. The second-order valence-electron chi connectivity index (χ2n) is 4.16. The smallest absolute Gasteiger partial charge is 0.253 e. The van der Waals surface area contributed by atoms with Gasteiger partial charge >= 0.3 is 0 Å². The van der Waals surface area contributed by atoms with Crippen LogP contribution in [-0.2, 0) is 9.84 Å². The molecule has 5 nitrogen and oxygen atoms in total. The Morgan fingerprint density at radius 2 is 1.95 bits per heavy atom. The number of halogens is 1. The quantitative estimate of drug-likeness (QED) is 0.801. The Morgan fingerprint density at radius 1 is 1.37 bits per heavy atom. The van der Waals surface area contributed by atoms with E-state index in [9.17, 15) is 13.2 Å². The molecular formula is C12H19ClN2O3S. The first kappa shape index (κ1) is 17.7. The molecule has 7 heteroatoms. The van der Waals surface area contributed by atoms with E-state index in [0.29, 0.717) is 11.3 Å². The van der Waals surface area contributed by atoms with Gasteiger partial charge < -0.3 is 11.1 Å². The van der Waals surface area contributed by atoms with Crippen molar-refractivity contribution in [2.75, 3.05) is 17.2 Å². The maximum Gasteiger partial charge on any atom is 0.253 e. The van der Waals surface area contributed by atoms with E-state index in [2.05, 4.69) is 5.32 Å². The Balaban J connectivity index is 0.00000324. The fourth-order valence-electron chi connectivity index (χ4n) is 1.55. The summed E-state index contributed by atoms with van der Waals surface area (Å²) in [6.45, 7) is 3.24. The molecular weight excluding hydrogens is 288 g/mol. The normalized spacial score (nSPS) is 12.3. The summed E-state index contributed by atoms with van der Waals surface area (Å²) >= 11 is 0. The van der Waals surface area contributed by atoms with Crippen LogP contribution in [0, 0.1) is 0 Å². The van der Waals surface area contributed by atoms with Crippen molar-refractivity contribution in [3.8, 4) is 0 Å². The van der Waals surface area contributed by atoms with E-state index in [1.807, 2.05) is 0 Å². The van der Waals surface area contributed by atoms with Crippen LogP contribution < -0.4 is 11.1 Å². The van der Waals surface area contributed by atoms with E-state index in [1.54, 1.807) is 38.1 Å². The van der Waals surface area contributed by atoms with Crippen molar-refractivity contribution < 1.29 is 13.2 Å². The molecule has 1 atom stereocenters. The van der Waals surface area contributed by atoms with Gasteiger partial charge in [-0.15, -0.1) is 12.4 Å². The number of sulfone groups is 1. The third kappa shape index (κ3) is 5.48. The number of anilines is 1. The van der Waals surface area contributed by atoms with Gasteiger partial charge in [-0.05, 0) is 19.1 Å². The van der Waals surface area contributed by atoms with E-state index in [-0.39, 0.29) is 29.8 Å². The number of hydrogen-bond donors (Lipinski definition) is 2. The zero-order chi connectivity index (χ0) is 13.8. The molecule has 108 valence electrons. The van der Waals surface area contributed by atoms with Gasteiger partial charge in [0.15, 0.2) is 9.84 Å². The molecule has 0 radical (unpaired) electrons. The van der Waals surface area contributed by atoms with Crippen molar-refractivity contribution in [1.82, 2.24) is 5.32 Å². The minimum Gasteiger partial charge on any atom is -0.398 e. The maximum atomic E-state index is 11.9. The first-order chi connectivity index (χ1) is 8.35. The van der Waals surface area contributed by atoms with Crippen LogP contribution in [-0.4, -0.2) is 31.9 Å². The number of para-hydroxylation sites is 1. The molecule has 0 aliphatic carbocycles. The lowest BCUT2D eigenvalue weighted by molar-refractivity contribution is 0.0944. The number of carbonyl (C=O) groups excluding carboxylic acids is 1. The third-order valence-electron chi connectivity index (χ3n) is 2.53. The number of benzene rings is 1. The van der Waals surface area contributed by atoms with Crippen LogP contribution in [0.2, 0.25) is 0 Å². The minimum atomic E-state index is -3.10. The van der Waals surface area contributed by atoms with Crippen molar-refractivity contribution in [1.29, 1.82) is 0 Å². The molecule has 0 fully saturated rings. The maximum absolute atomic E-state index is 11.9. The average molecular weight is 307 g/mol. The zero-order valence-electron chi connectivity index (χ0n) is 10.9. The first-order valence-corrected chi connectivity index (χ1v) is 7.53. The van der Waals surface area contributed by atoms with E-state index in [1.165, 1.54) is 0 Å². The number of nitrogen functional groups attached to an aromatic ring is 1. The molecule has 19 heavy (non-hydrogen) atoms. The van der Waals surface area contributed by atoms with Gasteiger partial charge in [0.05, 0.1) is 11.3 Å². The van der Waals surface area contributed by atoms with Crippen molar-refractivity contribution in [3.05, 3.63) is 29.8 Å². The van der Waals surface area contributed by atoms with E-state index in [0.717, 1.165) is 0 Å². The van der Waals surface area contributed by atoms with Gasteiger partial charge in [0, 0.05) is 17.5 Å². The molecule has 3 N–H and O–H groups in total. The fourth-order valence-corrected chi connectivity index (χ4v) is 2.63. The van der Waals surface area contributed by atoms with Crippen LogP contribution in [0.1, 0.15) is 24.2 Å². The lowest BCUT2D eigenvalue weighted by atomic mass is 10.1. The number of carbonyl (C=O) groups is 1. The van der Waals surface area contributed by atoms with Crippen LogP contribution in [0.5, 0.6) is 0 Å². The molecule has 1 unspecified atom stereocenters. The lowest BCUT2D eigenvalue weighted by Crippen LogP contribution is -2.38. The van der Waals surface area contributed by atoms with Crippen molar-refractivity contribution in [2.24, 2.45) is 0 Å². The minimum absolute atomic E-state index is 0. The fraction of sp³-hybridized carbons (Fsp3) is 0.417. The highest BCUT2D eigenvalue weighted by Crippen LogP contribution is 2.10. The van der Waals surface area contributed by atoms with E-state index < -0.39 is 15.9 Å². The highest BCUT2D eigenvalue weighted by atomic mass is 35.5. The molecule has 0 saturated heterocycles. The van der Waals surface area contributed by atoms with Gasteiger partial charge in [-0.25, -0.2) is 8.42 Å². The Kier molecular flexibility index (Phi) is 6.86. The molecule has 0 aliphatic heterocycles.